The van der Waals surface area contributed by atoms with Gasteiger partial charge in [-0.05, 0) is 24.6 Å². The van der Waals surface area contributed by atoms with Gasteiger partial charge in [-0.25, -0.2) is 9.97 Å². The van der Waals surface area contributed by atoms with E-state index in [1.807, 2.05) is 37.3 Å². The Labute approximate surface area is 174 Å². The number of fused-ring (bicyclic) bond motifs is 3. The van der Waals surface area contributed by atoms with E-state index in [1.165, 1.54) is 6.33 Å². The molecule has 1 atom stereocenters. The van der Waals surface area contributed by atoms with Crippen LogP contribution in [0.15, 0.2) is 43.2 Å². The van der Waals surface area contributed by atoms with E-state index in [2.05, 4.69) is 21.9 Å². The van der Waals surface area contributed by atoms with Crippen LogP contribution in [0.2, 0.25) is 0 Å². The molecule has 1 saturated heterocycles. The zero-order valence-electron chi connectivity index (χ0n) is 16.8. The standard InChI is InChI=1S/C23H23N3O4/c1-14(2)15-4-3-5-16(10-15)26-23-20-18(24-13-25-23)11-19(30-17-6-7-27-12-17)21-22(20)29-9-8-28-21/h3-5,10-11,13,17H,1,6-9,12H2,2H3,(H,24,25,26). The van der Waals surface area contributed by atoms with Crippen LogP contribution < -0.4 is 19.5 Å². The summed E-state index contributed by atoms with van der Waals surface area (Å²) in [4.78, 5) is 8.94. The lowest BCUT2D eigenvalue weighted by atomic mass is 10.1. The molecule has 1 N–H and O–H groups in total. The zero-order chi connectivity index (χ0) is 20.5. The number of ether oxygens (including phenoxy) is 4. The molecule has 2 aliphatic heterocycles. The predicted octanol–water partition coefficient (Wildman–Crippen LogP) is 4.35. The molecule has 0 amide bonds. The van der Waals surface area contributed by atoms with E-state index in [-0.39, 0.29) is 6.10 Å². The summed E-state index contributed by atoms with van der Waals surface area (Å²) < 4.78 is 23.6. The Hall–Kier alpha value is -3.32. The van der Waals surface area contributed by atoms with E-state index in [4.69, 9.17) is 18.9 Å². The predicted molar refractivity (Wildman–Crippen MR) is 115 cm³/mol. The Balaban J connectivity index is 1.58. The summed E-state index contributed by atoms with van der Waals surface area (Å²) in [5.41, 5.74) is 3.69. The molecule has 1 fully saturated rings. The molecule has 3 aromatic rings. The minimum atomic E-state index is 0.00129. The van der Waals surface area contributed by atoms with Gasteiger partial charge in [0.2, 0.25) is 5.75 Å². The molecule has 7 heteroatoms. The highest BCUT2D eigenvalue weighted by molar-refractivity contribution is 5.99. The van der Waals surface area contributed by atoms with Gasteiger partial charge in [-0.2, -0.15) is 0 Å². The third-order valence-electron chi connectivity index (χ3n) is 5.18. The fraction of sp³-hybridized carbons (Fsp3) is 0.304. The van der Waals surface area contributed by atoms with Crippen molar-refractivity contribution in [2.45, 2.75) is 19.4 Å². The van der Waals surface area contributed by atoms with Crippen molar-refractivity contribution >= 4 is 28.0 Å². The highest BCUT2D eigenvalue weighted by Crippen LogP contribution is 2.47. The largest absolute Gasteiger partial charge is 0.485 e. The van der Waals surface area contributed by atoms with Gasteiger partial charge in [-0.15, -0.1) is 0 Å². The topological polar surface area (TPSA) is 74.7 Å². The number of hydrogen-bond donors (Lipinski definition) is 1. The molecule has 0 bridgehead atoms. The Morgan fingerprint density at radius 1 is 1.13 bits per heavy atom. The maximum absolute atomic E-state index is 6.16. The van der Waals surface area contributed by atoms with Gasteiger partial charge in [0.15, 0.2) is 11.5 Å². The Bertz CT molecular complexity index is 1110. The number of aromatic nitrogens is 2. The number of nitrogens with one attached hydrogen (secondary N) is 1. The van der Waals surface area contributed by atoms with Gasteiger partial charge in [0.05, 0.1) is 24.1 Å². The molecule has 0 spiro atoms. The van der Waals surface area contributed by atoms with Gasteiger partial charge in [-0.3, -0.25) is 0 Å². The molecule has 3 heterocycles. The van der Waals surface area contributed by atoms with E-state index in [0.29, 0.717) is 49.5 Å². The van der Waals surface area contributed by atoms with Crippen LogP contribution in [0.3, 0.4) is 0 Å². The summed E-state index contributed by atoms with van der Waals surface area (Å²) in [5, 5.41) is 4.16. The molecule has 0 radical (unpaired) electrons. The summed E-state index contributed by atoms with van der Waals surface area (Å²) in [6.07, 6.45) is 2.39. The van der Waals surface area contributed by atoms with Crippen molar-refractivity contribution in [1.82, 2.24) is 9.97 Å². The minimum Gasteiger partial charge on any atom is -0.485 e. The third kappa shape index (κ3) is 3.52. The molecule has 0 aliphatic carbocycles. The first kappa shape index (κ1) is 18.7. The summed E-state index contributed by atoms with van der Waals surface area (Å²) in [5.74, 6) is 2.47. The lowest BCUT2D eigenvalue weighted by molar-refractivity contribution is 0.128. The Morgan fingerprint density at radius 2 is 2.00 bits per heavy atom. The fourth-order valence-electron chi connectivity index (χ4n) is 3.68. The Kier molecular flexibility index (Phi) is 4.88. The van der Waals surface area contributed by atoms with Gasteiger partial charge in [0.25, 0.3) is 0 Å². The maximum atomic E-state index is 6.16. The molecule has 2 aromatic carbocycles. The molecule has 30 heavy (non-hydrogen) atoms. The second kappa shape index (κ2) is 7.84. The smallest absolute Gasteiger partial charge is 0.204 e. The molecular weight excluding hydrogens is 382 g/mol. The number of rotatable bonds is 5. The quantitative estimate of drug-likeness (QED) is 0.676. The second-order valence-electron chi connectivity index (χ2n) is 7.44. The first-order chi connectivity index (χ1) is 14.7. The van der Waals surface area contributed by atoms with Crippen LogP contribution in [0.4, 0.5) is 11.5 Å². The number of nitrogens with zero attached hydrogens (tertiary/aromatic N) is 2. The van der Waals surface area contributed by atoms with Crippen LogP contribution in [-0.4, -0.2) is 42.5 Å². The van der Waals surface area contributed by atoms with E-state index < -0.39 is 0 Å². The summed E-state index contributed by atoms with van der Waals surface area (Å²) in [6, 6.07) is 9.93. The molecule has 0 saturated carbocycles. The number of hydrogen-bond acceptors (Lipinski definition) is 7. The van der Waals surface area contributed by atoms with Gasteiger partial charge in [0.1, 0.15) is 31.5 Å². The number of allylic oxidation sites excluding steroid dienone is 1. The number of benzene rings is 2. The molecule has 1 unspecified atom stereocenters. The van der Waals surface area contributed by atoms with Crippen molar-refractivity contribution in [3.8, 4) is 17.2 Å². The van der Waals surface area contributed by atoms with E-state index in [1.54, 1.807) is 0 Å². The van der Waals surface area contributed by atoms with Crippen molar-refractivity contribution in [2.24, 2.45) is 0 Å². The van der Waals surface area contributed by atoms with Crippen LogP contribution in [0, 0.1) is 0 Å². The molecule has 7 nitrogen and oxygen atoms in total. The van der Waals surface area contributed by atoms with Gasteiger partial charge in [-0.1, -0.05) is 24.3 Å². The minimum absolute atomic E-state index is 0.00129. The van der Waals surface area contributed by atoms with Crippen molar-refractivity contribution in [3.63, 3.8) is 0 Å². The zero-order valence-corrected chi connectivity index (χ0v) is 16.8. The van der Waals surface area contributed by atoms with Crippen LogP contribution in [0.5, 0.6) is 17.2 Å². The van der Waals surface area contributed by atoms with Crippen molar-refractivity contribution in [1.29, 1.82) is 0 Å². The van der Waals surface area contributed by atoms with Crippen molar-refractivity contribution in [3.05, 3.63) is 48.8 Å². The normalized spacial score (nSPS) is 17.7. The fourth-order valence-corrected chi connectivity index (χ4v) is 3.68. The average Bonchev–Trinajstić information content (AvgIpc) is 3.27. The SMILES string of the molecule is C=C(C)c1cccc(Nc2ncnc3cc(OC4CCOC4)c4c(c23)OCCO4)c1. The average molecular weight is 405 g/mol. The third-order valence-corrected chi connectivity index (χ3v) is 5.18. The lowest BCUT2D eigenvalue weighted by Crippen LogP contribution is -2.20. The first-order valence-electron chi connectivity index (χ1n) is 10.0. The van der Waals surface area contributed by atoms with E-state index >= 15 is 0 Å². The molecule has 5 rings (SSSR count). The molecule has 154 valence electrons. The summed E-state index contributed by atoms with van der Waals surface area (Å²) >= 11 is 0. The number of anilines is 2. The van der Waals surface area contributed by atoms with E-state index in [0.717, 1.165) is 34.1 Å². The molecule has 1 aromatic heterocycles. The lowest BCUT2D eigenvalue weighted by Gasteiger charge is -2.24. The van der Waals surface area contributed by atoms with Crippen LogP contribution in [0.1, 0.15) is 18.9 Å². The van der Waals surface area contributed by atoms with Gasteiger partial charge in [0, 0.05) is 18.2 Å². The monoisotopic (exact) mass is 405 g/mol. The second-order valence-corrected chi connectivity index (χ2v) is 7.44. The van der Waals surface area contributed by atoms with Crippen molar-refractivity contribution < 1.29 is 18.9 Å². The molecular formula is C23H23N3O4. The van der Waals surface area contributed by atoms with Gasteiger partial charge < -0.3 is 24.3 Å². The highest BCUT2D eigenvalue weighted by Gasteiger charge is 2.27. The summed E-state index contributed by atoms with van der Waals surface area (Å²) in [7, 11) is 0. The summed E-state index contributed by atoms with van der Waals surface area (Å²) in [6.45, 7) is 8.20. The maximum Gasteiger partial charge on any atom is 0.204 e. The van der Waals surface area contributed by atoms with Crippen LogP contribution >= 0.6 is 0 Å². The molecule has 2 aliphatic rings. The highest BCUT2D eigenvalue weighted by atomic mass is 16.6. The van der Waals surface area contributed by atoms with Crippen LogP contribution in [0.25, 0.3) is 16.5 Å². The van der Waals surface area contributed by atoms with E-state index in [9.17, 15) is 0 Å². The Morgan fingerprint density at radius 3 is 2.80 bits per heavy atom. The van der Waals surface area contributed by atoms with Crippen molar-refractivity contribution in [2.75, 3.05) is 31.7 Å². The van der Waals surface area contributed by atoms with Crippen LogP contribution in [-0.2, 0) is 4.74 Å². The first-order valence-corrected chi connectivity index (χ1v) is 10.0. The van der Waals surface area contributed by atoms with Gasteiger partial charge >= 0.3 is 0 Å².